The standard InChI is InChI=1S/C12H21N5/c1-17-8-4-10(5-9-17)2-6-14-12-15-7-3-11(13)16-12/h3,7,10H,2,4-6,8-9H2,1H3,(H3,13,14,15,16). The highest BCUT2D eigenvalue weighted by molar-refractivity contribution is 5.34. The topological polar surface area (TPSA) is 67.1 Å². The van der Waals surface area contributed by atoms with Crippen molar-refractivity contribution in [2.24, 2.45) is 5.92 Å². The normalized spacial score (nSPS) is 18.2. The van der Waals surface area contributed by atoms with Crippen LogP contribution in [0.4, 0.5) is 11.8 Å². The van der Waals surface area contributed by atoms with E-state index in [1.54, 1.807) is 12.3 Å². The van der Waals surface area contributed by atoms with Crippen LogP contribution in [0, 0.1) is 5.92 Å². The molecular formula is C12H21N5. The van der Waals surface area contributed by atoms with Crippen LogP contribution in [0.15, 0.2) is 12.3 Å². The second-order valence-electron chi connectivity index (χ2n) is 4.77. The predicted molar refractivity (Wildman–Crippen MR) is 69.8 cm³/mol. The fourth-order valence-electron chi connectivity index (χ4n) is 2.20. The third-order valence-electron chi connectivity index (χ3n) is 3.35. The number of nitrogens with two attached hydrogens (primary N) is 1. The van der Waals surface area contributed by atoms with Crippen LogP contribution >= 0.6 is 0 Å². The summed E-state index contributed by atoms with van der Waals surface area (Å²) in [5.41, 5.74) is 5.59. The number of anilines is 2. The molecule has 0 unspecified atom stereocenters. The minimum absolute atomic E-state index is 0.516. The number of piperidine rings is 1. The van der Waals surface area contributed by atoms with Crippen LogP contribution in [-0.4, -0.2) is 41.5 Å². The number of nitrogens with zero attached hydrogens (tertiary/aromatic N) is 3. The molecule has 0 bridgehead atoms. The van der Waals surface area contributed by atoms with Crippen molar-refractivity contribution in [1.82, 2.24) is 14.9 Å². The highest BCUT2D eigenvalue weighted by Crippen LogP contribution is 2.19. The van der Waals surface area contributed by atoms with Crippen molar-refractivity contribution >= 4 is 11.8 Å². The zero-order chi connectivity index (χ0) is 12.1. The Morgan fingerprint density at radius 3 is 2.94 bits per heavy atom. The molecule has 0 amide bonds. The first-order valence-electron chi connectivity index (χ1n) is 6.25. The lowest BCUT2D eigenvalue weighted by atomic mass is 9.94. The fraction of sp³-hybridized carbons (Fsp3) is 0.667. The van der Waals surface area contributed by atoms with Gasteiger partial charge in [-0.15, -0.1) is 0 Å². The zero-order valence-electron chi connectivity index (χ0n) is 10.4. The van der Waals surface area contributed by atoms with E-state index in [1.807, 2.05) is 0 Å². The van der Waals surface area contributed by atoms with Gasteiger partial charge in [0.1, 0.15) is 5.82 Å². The van der Waals surface area contributed by atoms with Gasteiger partial charge in [0.25, 0.3) is 0 Å². The van der Waals surface area contributed by atoms with Gasteiger partial charge in [0, 0.05) is 12.7 Å². The van der Waals surface area contributed by atoms with Crippen molar-refractivity contribution in [2.45, 2.75) is 19.3 Å². The number of hydrogen-bond donors (Lipinski definition) is 2. The maximum absolute atomic E-state index is 5.59. The SMILES string of the molecule is CN1CCC(CCNc2nccc(N)n2)CC1. The molecule has 0 spiro atoms. The van der Waals surface area contributed by atoms with E-state index in [0.717, 1.165) is 12.5 Å². The summed E-state index contributed by atoms with van der Waals surface area (Å²) in [7, 11) is 2.19. The molecule has 5 heteroatoms. The summed E-state index contributed by atoms with van der Waals surface area (Å²) in [6, 6.07) is 1.70. The third kappa shape index (κ3) is 3.85. The van der Waals surface area contributed by atoms with Crippen LogP contribution < -0.4 is 11.1 Å². The molecule has 0 saturated carbocycles. The summed E-state index contributed by atoms with van der Waals surface area (Å²) in [5.74, 6) is 1.99. The van der Waals surface area contributed by atoms with Crippen LogP contribution in [0.3, 0.4) is 0 Å². The van der Waals surface area contributed by atoms with Gasteiger partial charge in [0.05, 0.1) is 0 Å². The van der Waals surface area contributed by atoms with E-state index in [-0.39, 0.29) is 0 Å². The Labute approximate surface area is 102 Å². The molecule has 2 heterocycles. The van der Waals surface area contributed by atoms with Crippen LogP contribution in [-0.2, 0) is 0 Å². The zero-order valence-corrected chi connectivity index (χ0v) is 10.4. The lowest BCUT2D eigenvalue weighted by Crippen LogP contribution is -2.30. The van der Waals surface area contributed by atoms with Crippen molar-refractivity contribution in [3.8, 4) is 0 Å². The van der Waals surface area contributed by atoms with Gasteiger partial charge in [-0.25, -0.2) is 4.98 Å². The number of likely N-dealkylation sites (tertiary alicyclic amines) is 1. The van der Waals surface area contributed by atoms with Gasteiger partial charge in [-0.05, 0) is 51.4 Å². The van der Waals surface area contributed by atoms with Crippen LogP contribution in [0.1, 0.15) is 19.3 Å². The fourth-order valence-corrected chi connectivity index (χ4v) is 2.20. The Morgan fingerprint density at radius 1 is 1.47 bits per heavy atom. The molecule has 17 heavy (non-hydrogen) atoms. The first kappa shape index (κ1) is 12.1. The molecule has 3 N–H and O–H groups in total. The van der Waals surface area contributed by atoms with Gasteiger partial charge in [-0.3, -0.25) is 0 Å². The van der Waals surface area contributed by atoms with Gasteiger partial charge < -0.3 is 16.0 Å². The molecule has 1 aliphatic rings. The molecule has 94 valence electrons. The summed E-state index contributed by atoms with van der Waals surface area (Å²) >= 11 is 0. The van der Waals surface area contributed by atoms with Crippen molar-refractivity contribution in [2.75, 3.05) is 37.7 Å². The van der Waals surface area contributed by atoms with Crippen LogP contribution in [0.5, 0.6) is 0 Å². The van der Waals surface area contributed by atoms with Gasteiger partial charge in [-0.1, -0.05) is 0 Å². The van der Waals surface area contributed by atoms with E-state index in [0.29, 0.717) is 11.8 Å². The van der Waals surface area contributed by atoms with E-state index in [2.05, 4.69) is 27.2 Å². The summed E-state index contributed by atoms with van der Waals surface area (Å²) < 4.78 is 0. The molecular weight excluding hydrogens is 214 g/mol. The van der Waals surface area contributed by atoms with Crippen molar-refractivity contribution in [3.63, 3.8) is 0 Å². The average molecular weight is 235 g/mol. The Morgan fingerprint density at radius 2 is 2.24 bits per heavy atom. The minimum Gasteiger partial charge on any atom is -0.384 e. The van der Waals surface area contributed by atoms with E-state index in [4.69, 9.17) is 5.73 Å². The third-order valence-corrected chi connectivity index (χ3v) is 3.35. The number of aromatic nitrogens is 2. The maximum atomic E-state index is 5.59. The molecule has 1 aromatic heterocycles. The van der Waals surface area contributed by atoms with Crippen LogP contribution in [0.2, 0.25) is 0 Å². The first-order valence-corrected chi connectivity index (χ1v) is 6.25. The quantitative estimate of drug-likeness (QED) is 0.821. The second-order valence-corrected chi connectivity index (χ2v) is 4.77. The average Bonchev–Trinajstić information content (AvgIpc) is 2.32. The molecule has 0 radical (unpaired) electrons. The van der Waals surface area contributed by atoms with Gasteiger partial charge in [-0.2, -0.15) is 4.98 Å². The number of rotatable bonds is 4. The van der Waals surface area contributed by atoms with E-state index < -0.39 is 0 Å². The van der Waals surface area contributed by atoms with Crippen LogP contribution in [0.25, 0.3) is 0 Å². The second kappa shape index (κ2) is 5.82. The smallest absolute Gasteiger partial charge is 0.224 e. The van der Waals surface area contributed by atoms with E-state index in [9.17, 15) is 0 Å². The molecule has 1 aliphatic heterocycles. The molecule has 2 rings (SSSR count). The monoisotopic (exact) mass is 235 g/mol. The molecule has 1 fully saturated rings. The molecule has 0 aliphatic carbocycles. The molecule has 0 aromatic carbocycles. The molecule has 0 atom stereocenters. The summed E-state index contributed by atoms with van der Waals surface area (Å²) in [4.78, 5) is 10.6. The summed E-state index contributed by atoms with van der Waals surface area (Å²) in [6.45, 7) is 3.37. The Hall–Kier alpha value is -1.36. The summed E-state index contributed by atoms with van der Waals surface area (Å²) in [5, 5.41) is 3.23. The maximum Gasteiger partial charge on any atom is 0.224 e. The largest absolute Gasteiger partial charge is 0.384 e. The lowest BCUT2D eigenvalue weighted by Gasteiger charge is -2.28. The minimum atomic E-state index is 0.516. The highest BCUT2D eigenvalue weighted by Gasteiger charge is 2.15. The molecule has 5 nitrogen and oxygen atoms in total. The van der Waals surface area contributed by atoms with Crippen molar-refractivity contribution in [1.29, 1.82) is 0 Å². The Balaban J connectivity index is 1.69. The van der Waals surface area contributed by atoms with Gasteiger partial charge >= 0.3 is 0 Å². The predicted octanol–water partition coefficient (Wildman–Crippen LogP) is 1.20. The van der Waals surface area contributed by atoms with E-state index >= 15 is 0 Å². The number of nitrogens with one attached hydrogen (secondary N) is 1. The summed E-state index contributed by atoms with van der Waals surface area (Å²) in [6.07, 6.45) is 5.47. The lowest BCUT2D eigenvalue weighted by molar-refractivity contribution is 0.215. The van der Waals surface area contributed by atoms with Crippen molar-refractivity contribution in [3.05, 3.63) is 12.3 Å². The van der Waals surface area contributed by atoms with Crippen molar-refractivity contribution < 1.29 is 0 Å². The van der Waals surface area contributed by atoms with Gasteiger partial charge in [0.2, 0.25) is 5.95 Å². The van der Waals surface area contributed by atoms with Gasteiger partial charge in [0.15, 0.2) is 0 Å². The van der Waals surface area contributed by atoms with E-state index in [1.165, 1.54) is 32.4 Å². The molecule has 1 aromatic rings. The molecule has 1 saturated heterocycles. The highest BCUT2D eigenvalue weighted by atomic mass is 15.1. The number of hydrogen-bond acceptors (Lipinski definition) is 5. The first-order chi connectivity index (χ1) is 8.24. The Kier molecular flexibility index (Phi) is 4.14. The Bertz CT molecular complexity index is 347. The number of nitrogen functional groups attached to an aromatic ring is 1.